The Hall–Kier alpha value is 0.00494. The van der Waals surface area contributed by atoms with Crippen LogP contribution in [0.5, 0.6) is 0 Å². The first-order valence-electron chi connectivity index (χ1n) is 3.04. The molecule has 0 spiro atoms. The van der Waals surface area contributed by atoms with E-state index in [0.29, 0.717) is 5.57 Å². The van der Waals surface area contributed by atoms with Gasteiger partial charge in [0.05, 0.1) is 0 Å². The first-order valence-corrected chi connectivity index (χ1v) is 5.37. The van der Waals surface area contributed by atoms with Gasteiger partial charge in [-0.2, -0.15) is 0 Å². The number of carboxylic acid groups (broad SMARTS) is 1. The predicted molar refractivity (Wildman–Crippen MR) is 34.3 cm³/mol. The third-order valence-electron chi connectivity index (χ3n) is 1.54. The van der Waals surface area contributed by atoms with Gasteiger partial charge in [-0.25, -0.2) is 0 Å². The van der Waals surface area contributed by atoms with E-state index in [0.717, 1.165) is 22.8 Å². The van der Waals surface area contributed by atoms with Crippen molar-refractivity contribution in [3.05, 3.63) is 9.15 Å². The molecular formula is C6H7BIO2-. The molecule has 54 valence electrons. The number of carboxylic acids is 1. The molecule has 1 N–H and O–H groups in total. The third kappa shape index (κ3) is 1.53. The Morgan fingerprint density at radius 3 is 2.70 bits per heavy atom. The summed E-state index contributed by atoms with van der Waals surface area (Å²) in [7, 11) is 0. The van der Waals surface area contributed by atoms with Crippen molar-refractivity contribution in [2.24, 2.45) is 0 Å². The molecule has 0 saturated carbocycles. The SMILES string of the molecule is [B][I-]C1=C(C(=O)O)CCC1. The molecule has 2 nitrogen and oxygen atoms in total. The van der Waals surface area contributed by atoms with Crippen LogP contribution in [0.4, 0.5) is 0 Å². The number of rotatable bonds is 2. The Labute approximate surface area is 71.1 Å². The minimum absolute atomic E-state index is 0.471. The zero-order valence-electron chi connectivity index (χ0n) is 5.43. The van der Waals surface area contributed by atoms with E-state index in [1.54, 1.807) is 0 Å². The monoisotopic (exact) mass is 249 g/mol. The summed E-state index contributed by atoms with van der Waals surface area (Å²) in [4.78, 5) is 10.5. The predicted octanol–water partition coefficient (Wildman–Crippen LogP) is -2.32. The molecule has 0 saturated heterocycles. The maximum atomic E-state index is 10.5. The fraction of sp³-hybridized carbons (Fsp3) is 0.500. The van der Waals surface area contributed by atoms with Crippen molar-refractivity contribution in [1.82, 2.24) is 0 Å². The van der Waals surface area contributed by atoms with Crippen LogP contribution in [0.1, 0.15) is 19.3 Å². The number of hydrogen-bond donors (Lipinski definition) is 1. The van der Waals surface area contributed by atoms with E-state index in [2.05, 4.69) is 0 Å². The molecule has 4 heteroatoms. The van der Waals surface area contributed by atoms with Gasteiger partial charge in [-0.15, -0.1) is 0 Å². The van der Waals surface area contributed by atoms with Crippen molar-refractivity contribution in [2.75, 3.05) is 0 Å². The van der Waals surface area contributed by atoms with Crippen molar-refractivity contribution in [3.63, 3.8) is 0 Å². The molecule has 0 aromatic carbocycles. The normalized spacial score (nSPS) is 18.4. The molecule has 2 radical (unpaired) electrons. The molecule has 0 fully saturated rings. The van der Waals surface area contributed by atoms with Gasteiger partial charge in [0.2, 0.25) is 0 Å². The van der Waals surface area contributed by atoms with Gasteiger partial charge in [0.25, 0.3) is 0 Å². The average Bonchev–Trinajstić information content (AvgIpc) is 2.33. The van der Waals surface area contributed by atoms with E-state index in [1.165, 1.54) is 0 Å². The first-order chi connectivity index (χ1) is 4.75. The second kappa shape index (κ2) is 3.41. The van der Waals surface area contributed by atoms with Crippen molar-refractivity contribution >= 4 is 11.7 Å². The number of allylic oxidation sites excluding steroid dienone is 1. The van der Waals surface area contributed by atoms with Crippen LogP contribution in [-0.2, 0) is 4.79 Å². The van der Waals surface area contributed by atoms with Gasteiger partial charge < -0.3 is 0 Å². The van der Waals surface area contributed by atoms with Crippen LogP contribution in [-0.4, -0.2) is 16.8 Å². The molecule has 0 aliphatic heterocycles. The summed E-state index contributed by atoms with van der Waals surface area (Å²) in [5.41, 5.74) is 6.04. The van der Waals surface area contributed by atoms with E-state index in [1.807, 2.05) is 0 Å². The van der Waals surface area contributed by atoms with Gasteiger partial charge in [-0.1, -0.05) is 0 Å². The van der Waals surface area contributed by atoms with Gasteiger partial charge in [-0.3, -0.25) is 0 Å². The summed E-state index contributed by atoms with van der Waals surface area (Å²) >= 11 is -0.471. The zero-order chi connectivity index (χ0) is 7.56. The maximum absolute atomic E-state index is 10.5. The molecule has 0 unspecified atom stereocenters. The summed E-state index contributed by atoms with van der Waals surface area (Å²) in [5.74, 6) is -0.766. The molecule has 0 heterocycles. The average molecular weight is 249 g/mol. The molecule has 0 atom stereocenters. The Kier molecular flexibility index (Phi) is 2.77. The van der Waals surface area contributed by atoms with E-state index in [4.69, 9.17) is 10.8 Å². The summed E-state index contributed by atoms with van der Waals surface area (Å²) in [6.45, 7) is 0. The number of aliphatic carboxylic acids is 1. The molecule has 1 aliphatic carbocycles. The fourth-order valence-electron chi connectivity index (χ4n) is 1.05. The molecule has 0 aromatic rings. The van der Waals surface area contributed by atoms with Crippen LogP contribution in [0.2, 0.25) is 0 Å². The minimum atomic E-state index is -0.766. The zero-order valence-corrected chi connectivity index (χ0v) is 7.59. The summed E-state index contributed by atoms with van der Waals surface area (Å²) < 4.78 is 1.03. The fourth-order valence-corrected chi connectivity index (χ4v) is 2.62. The Morgan fingerprint density at radius 1 is 1.60 bits per heavy atom. The Bertz CT molecular complexity index is 188. The molecular weight excluding hydrogens is 242 g/mol. The van der Waals surface area contributed by atoms with Gasteiger partial charge in [0, 0.05) is 0 Å². The quantitative estimate of drug-likeness (QED) is 0.440. The van der Waals surface area contributed by atoms with Gasteiger partial charge in [0.1, 0.15) is 0 Å². The van der Waals surface area contributed by atoms with Gasteiger partial charge in [-0.05, 0) is 0 Å². The summed E-state index contributed by atoms with van der Waals surface area (Å²) in [6.07, 6.45) is 2.63. The van der Waals surface area contributed by atoms with Crippen LogP contribution in [0.15, 0.2) is 9.15 Å². The molecule has 0 bridgehead atoms. The van der Waals surface area contributed by atoms with Gasteiger partial charge in [0.15, 0.2) is 0 Å². The van der Waals surface area contributed by atoms with Crippen LogP contribution in [0.3, 0.4) is 0 Å². The Morgan fingerprint density at radius 2 is 2.30 bits per heavy atom. The second-order valence-electron chi connectivity index (χ2n) is 2.15. The molecule has 0 amide bonds. The number of halogens is 1. The number of carbonyl (C=O) groups is 1. The van der Waals surface area contributed by atoms with Crippen molar-refractivity contribution in [3.8, 4) is 0 Å². The molecule has 1 rings (SSSR count). The summed E-state index contributed by atoms with van der Waals surface area (Å²) in [5, 5.41) is 8.62. The third-order valence-corrected chi connectivity index (χ3v) is 3.48. The molecule has 0 aromatic heterocycles. The van der Waals surface area contributed by atoms with E-state index >= 15 is 0 Å². The molecule has 10 heavy (non-hydrogen) atoms. The number of hydrogen-bond acceptors (Lipinski definition) is 1. The van der Waals surface area contributed by atoms with Gasteiger partial charge >= 0.3 is 71.0 Å². The van der Waals surface area contributed by atoms with Crippen LogP contribution < -0.4 is 21.0 Å². The first kappa shape index (κ1) is 8.10. The van der Waals surface area contributed by atoms with E-state index in [-0.39, 0.29) is 0 Å². The van der Waals surface area contributed by atoms with Crippen LogP contribution in [0.25, 0.3) is 0 Å². The Balaban J connectivity index is 2.78. The van der Waals surface area contributed by atoms with E-state index in [9.17, 15) is 4.79 Å². The summed E-state index contributed by atoms with van der Waals surface area (Å²) in [6, 6.07) is 0. The standard InChI is InChI=1S/C6H7BIO2/c7-8-5-3-1-2-4(5)6(9)10/h1-3H2,(H,9,10)/q-1. The van der Waals surface area contributed by atoms with Crippen LogP contribution >= 0.6 is 0 Å². The second-order valence-corrected chi connectivity index (χ2v) is 4.08. The van der Waals surface area contributed by atoms with Crippen molar-refractivity contribution in [2.45, 2.75) is 19.3 Å². The van der Waals surface area contributed by atoms with E-state index < -0.39 is 27.0 Å². The van der Waals surface area contributed by atoms with Crippen molar-refractivity contribution < 1.29 is 30.9 Å². The topological polar surface area (TPSA) is 37.3 Å². The molecule has 1 aliphatic rings. The van der Waals surface area contributed by atoms with Crippen molar-refractivity contribution in [1.29, 1.82) is 0 Å². The van der Waals surface area contributed by atoms with Crippen LogP contribution in [0, 0.1) is 0 Å².